The summed E-state index contributed by atoms with van der Waals surface area (Å²) in [5.41, 5.74) is 0.686. The molecule has 88 valence electrons. The highest BCUT2D eigenvalue weighted by atomic mass is 35.5. The molecular weight excluding hydrogens is 303 g/mol. The molecule has 0 amide bonds. The molecule has 0 saturated heterocycles. The number of aromatic carboxylic acids is 1. The third-order valence-electron chi connectivity index (χ3n) is 2.13. The van der Waals surface area contributed by atoms with Gasteiger partial charge in [0.2, 0.25) is 0 Å². The molecule has 2 rings (SSSR count). The fourth-order valence-electron chi connectivity index (χ4n) is 1.43. The molecule has 1 aromatic heterocycles. The molecule has 0 atom stereocenters. The number of thiophene rings is 1. The fraction of sp³-hybridized carbons (Fsp3) is 0. The van der Waals surface area contributed by atoms with Crippen LogP contribution >= 0.6 is 46.1 Å². The third-order valence-corrected chi connectivity index (χ3v) is 3.88. The zero-order valence-electron chi connectivity index (χ0n) is 8.21. The molecule has 0 spiro atoms. The number of benzene rings is 1. The first-order chi connectivity index (χ1) is 8.00. The van der Waals surface area contributed by atoms with Crippen LogP contribution in [0.2, 0.25) is 15.1 Å². The molecular formula is C11H5Cl3O2S. The Labute approximate surface area is 116 Å². The Morgan fingerprint density at radius 3 is 2.29 bits per heavy atom. The number of carbonyl (C=O) groups is 1. The van der Waals surface area contributed by atoms with Gasteiger partial charge in [0.15, 0.2) is 0 Å². The predicted octanol–water partition coefficient (Wildman–Crippen LogP) is 5.07. The Bertz CT molecular complexity index is 569. The van der Waals surface area contributed by atoms with Crippen molar-refractivity contribution in [2.24, 2.45) is 0 Å². The minimum absolute atomic E-state index is 0.182. The van der Waals surface area contributed by atoms with Crippen molar-refractivity contribution in [2.45, 2.75) is 0 Å². The number of halogens is 3. The lowest BCUT2D eigenvalue weighted by Crippen LogP contribution is -1.96. The zero-order chi connectivity index (χ0) is 12.6. The average molecular weight is 308 g/mol. The Balaban J connectivity index is 2.69. The van der Waals surface area contributed by atoms with E-state index in [2.05, 4.69) is 0 Å². The molecule has 1 heterocycles. The van der Waals surface area contributed by atoms with Gasteiger partial charge in [-0.1, -0.05) is 34.8 Å². The Kier molecular flexibility index (Phi) is 3.64. The summed E-state index contributed by atoms with van der Waals surface area (Å²) < 4.78 is 0. The van der Waals surface area contributed by atoms with Gasteiger partial charge in [0.25, 0.3) is 0 Å². The summed E-state index contributed by atoms with van der Waals surface area (Å²) in [4.78, 5) is 11.6. The van der Waals surface area contributed by atoms with Crippen LogP contribution in [-0.2, 0) is 0 Å². The quantitative estimate of drug-likeness (QED) is 0.840. The molecule has 0 aliphatic heterocycles. The summed E-state index contributed by atoms with van der Waals surface area (Å²) in [6.45, 7) is 0. The second-order valence-corrected chi connectivity index (χ2v) is 5.38. The summed E-state index contributed by atoms with van der Waals surface area (Å²) in [5, 5.41) is 11.8. The molecule has 0 unspecified atom stereocenters. The van der Waals surface area contributed by atoms with Crippen LogP contribution in [0.4, 0.5) is 0 Å². The highest BCUT2D eigenvalue weighted by molar-refractivity contribution is 7.14. The van der Waals surface area contributed by atoms with Crippen molar-refractivity contribution in [3.05, 3.63) is 44.2 Å². The molecule has 17 heavy (non-hydrogen) atoms. The molecule has 2 aromatic rings. The van der Waals surface area contributed by atoms with Gasteiger partial charge < -0.3 is 5.11 Å². The highest BCUT2D eigenvalue weighted by Gasteiger charge is 2.18. The number of hydrogen-bond acceptors (Lipinski definition) is 2. The summed E-state index contributed by atoms with van der Waals surface area (Å²) >= 11 is 19.2. The van der Waals surface area contributed by atoms with Crippen molar-refractivity contribution < 1.29 is 9.90 Å². The standard InChI is InChI=1S/C11H5Cl3O2S/c12-5-3-7(13)9(8(14)4-5)10-6(11(15)16)1-2-17-10/h1-4H,(H,15,16). The van der Waals surface area contributed by atoms with Gasteiger partial charge in [0.1, 0.15) is 0 Å². The molecule has 0 bridgehead atoms. The largest absolute Gasteiger partial charge is 0.478 e. The predicted molar refractivity (Wildman–Crippen MR) is 71.7 cm³/mol. The van der Waals surface area contributed by atoms with Gasteiger partial charge in [0, 0.05) is 10.6 Å². The minimum Gasteiger partial charge on any atom is -0.478 e. The lowest BCUT2D eigenvalue weighted by atomic mass is 10.1. The van der Waals surface area contributed by atoms with Crippen molar-refractivity contribution in [3.63, 3.8) is 0 Å². The summed E-state index contributed by atoms with van der Waals surface area (Å²) in [5.74, 6) is -1.01. The van der Waals surface area contributed by atoms with Gasteiger partial charge in [-0.2, -0.15) is 0 Å². The molecule has 6 heteroatoms. The molecule has 0 saturated carbocycles. The van der Waals surface area contributed by atoms with Crippen LogP contribution < -0.4 is 0 Å². The number of hydrogen-bond donors (Lipinski definition) is 1. The van der Waals surface area contributed by atoms with Gasteiger partial charge in [-0.05, 0) is 23.6 Å². The molecule has 2 nitrogen and oxygen atoms in total. The topological polar surface area (TPSA) is 37.3 Å². The maximum Gasteiger partial charge on any atom is 0.337 e. The second-order valence-electron chi connectivity index (χ2n) is 3.21. The number of carboxylic acid groups (broad SMARTS) is 1. The summed E-state index contributed by atoms with van der Waals surface area (Å²) in [7, 11) is 0. The third kappa shape index (κ3) is 2.43. The van der Waals surface area contributed by atoms with Crippen LogP contribution in [-0.4, -0.2) is 11.1 Å². The molecule has 0 fully saturated rings. The Hall–Kier alpha value is -0.740. The zero-order valence-corrected chi connectivity index (χ0v) is 11.3. The number of carboxylic acids is 1. The van der Waals surface area contributed by atoms with E-state index in [9.17, 15) is 4.79 Å². The van der Waals surface area contributed by atoms with Gasteiger partial charge in [0.05, 0.1) is 20.5 Å². The van der Waals surface area contributed by atoms with Gasteiger partial charge >= 0.3 is 5.97 Å². The van der Waals surface area contributed by atoms with Crippen molar-refractivity contribution in [1.82, 2.24) is 0 Å². The maximum atomic E-state index is 11.0. The monoisotopic (exact) mass is 306 g/mol. The van der Waals surface area contributed by atoms with Crippen LogP contribution in [0.3, 0.4) is 0 Å². The van der Waals surface area contributed by atoms with E-state index in [1.807, 2.05) is 0 Å². The summed E-state index contributed by atoms with van der Waals surface area (Å²) in [6, 6.07) is 4.59. The minimum atomic E-state index is -1.01. The van der Waals surface area contributed by atoms with Crippen molar-refractivity contribution in [2.75, 3.05) is 0 Å². The van der Waals surface area contributed by atoms with Crippen LogP contribution in [0.1, 0.15) is 10.4 Å². The first-order valence-electron chi connectivity index (χ1n) is 4.46. The highest BCUT2D eigenvalue weighted by Crippen LogP contribution is 2.41. The normalized spacial score (nSPS) is 10.5. The summed E-state index contributed by atoms with van der Waals surface area (Å²) in [6.07, 6.45) is 0. The molecule has 1 aromatic carbocycles. The Morgan fingerprint density at radius 2 is 1.76 bits per heavy atom. The second kappa shape index (κ2) is 4.86. The smallest absolute Gasteiger partial charge is 0.337 e. The van der Waals surface area contributed by atoms with Gasteiger partial charge in [-0.15, -0.1) is 11.3 Å². The fourth-order valence-corrected chi connectivity index (χ4v) is 3.51. The molecule has 0 radical (unpaired) electrons. The van der Waals surface area contributed by atoms with E-state index in [0.717, 1.165) is 0 Å². The SMILES string of the molecule is O=C(O)c1ccsc1-c1c(Cl)cc(Cl)cc1Cl. The van der Waals surface area contributed by atoms with E-state index < -0.39 is 5.97 Å². The van der Waals surface area contributed by atoms with Crippen LogP contribution in [0.25, 0.3) is 10.4 Å². The van der Waals surface area contributed by atoms with E-state index in [4.69, 9.17) is 39.9 Å². The lowest BCUT2D eigenvalue weighted by molar-refractivity contribution is 0.0698. The van der Waals surface area contributed by atoms with Crippen molar-refractivity contribution in [3.8, 4) is 10.4 Å². The van der Waals surface area contributed by atoms with E-state index in [1.54, 1.807) is 5.38 Å². The molecule has 0 aliphatic rings. The van der Waals surface area contributed by atoms with Crippen molar-refractivity contribution >= 4 is 52.1 Å². The molecule has 0 aliphatic carbocycles. The first-order valence-corrected chi connectivity index (χ1v) is 6.47. The van der Waals surface area contributed by atoms with Crippen LogP contribution in [0.5, 0.6) is 0 Å². The van der Waals surface area contributed by atoms with Crippen LogP contribution in [0, 0.1) is 0 Å². The van der Waals surface area contributed by atoms with E-state index >= 15 is 0 Å². The van der Waals surface area contributed by atoms with E-state index in [1.165, 1.54) is 29.5 Å². The van der Waals surface area contributed by atoms with Crippen molar-refractivity contribution in [1.29, 1.82) is 0 Å². The number of rotatable bonds is 2. The van der Waals surface area contributed by atoms with Crippen LogP contribution in [0.15, 0.2) is 23.6 Å². The maximum absolute atomic E-state index is 11.0. The Morgan fingerprint density at radius 1 is 1.18 bits per heavy atom. The van der Waals surface area contributed by atoms with E-state index in [0.29, 0.717) is 25.5 Å². The van der Waals surface area contributed by atoms with Gasteiger partial charge in [-0.3, -0.25) is 0 Å². The molecule has 1 N–H and O–H groups in total. The average Bonchev–Trinajstić information content (AvgIpc) is 2.64. The lowest BCUT2D eigenvalue weighted by Gasteiger charge is -2.07. The first kappa shape index (κ1) is 12.7. The van der Waals surface area contributed by atoms with Gasteiger partial charge in [-0.25, -0.2) is 4.79 Å². The van der Waals surface area contributed by atoms with E-state index in [-0.39, 0.29) is 5.56 Å².